The summed E-state index contributed by atoms with van der Waals surface area (Å²) in [7, 11) is 0. The van der Waals surface area contributed by atoms with Crippen molar-refractivity contribution in [3.8, 4) is 5.82 Å². The first-order valence-corrected chi connectivity index (χ1v) is 8.14. The molecule has 7 heteroatoms. The van der Waals surface area contributed by atoms with Crippen molar-refractivity contribution < 1.29 is 4.79 Å². The Balaban J connectivity index is 1.61. The number of nitrogens with one attached hydrogen (secondary N) is 1. The van der Waals surface area contributed by atoms with Gasteiger partial charge < -0.3 is 0 Å². The quantitative estimate of drug-likeness (QED) is 0.622. The number of pyridine rings is 1. The number of nitrogens with zero attached hydrogens (tertiary/aromatic N) is 4. The summed E-state index contributed by atoms with van der Waals surface area (Å²) in [6.45, 7) is 2.01. The fourth-order valence-electron chi connectivity index (χ4n) is 2.40. The highest BCUT2D eigenvalue weighted by molar-refractivity contribution is 7.22. The molecule has 0 saturated carbocycles. The van der Waals surface area contributed by atoms with Gasteiger partial charge in [0.25, 0.3) is 5.91 Å². The summed E-state index contributed by atoms with van der Waals surface area (Å²) in [4.78, 5) is 25.2. The number of benzene rings is 1. The highest BCUT2D eigenvalue weighted by Gasteiger charge is 2.12. The standard InChI is InChI=1S/C17H13N5OS/c1-11-3-2-4-13-15(11)20-17(24-13)21-16(23)12-5-6-19-14(9-12)22-8-7-18-10-22/h2-10H,1H3,(H,20,21,23). The van der Waals surface area contributed by atoms with E-state index in [0.29, 0.717) is 16.5 Å². The Morgan fingerprint density at radius 2 is 2.17 bits per heavy atom. The summed E-state index contributed by atoms with van der Waals surface area (Å²) in [6.07, 6.45) is 6.69. The second-order valence-corrected chi connectivity index (χ2v) is 6.30. The van der Waals surface area contributed by atoms with Crippen molar-refractivity contribution in [1.29, 1.82) is 0 Å². The summed E-state index contributed by atoms with van der Waals surface area (Å²) in [6, 6.07) is 9.39. The third-order valence-corrected chi connectivity index (χ3v) is 4.55. The Labute approximate surface area is 141 Å². The van der Waals surface area contributed by atoms with Gasteiger partial charge in [-0.15, -0.1) is 0 Å². The molecule has 4 rings (SSSR count). The minimum atomic E-state index is -0.213. The van der Waals surface area contributed by atoms with Crippen LogP contribution in [0.15, 0.2) is 55.2 Å². The van der Waals surface area contributed by atoms with E-state index in [1.807, 2.05) is 25.1 Å². The van der Waals surface area contributed by atoms with Gasteiger partial charge in [-0.2, -0.15) is 0 Å². The molecule has 0 aliphatic carbocycles. The number of thiazole rings is 1. The Morgan fingerprint density at radius 1 is 1.25 bits per heavy atom. The number of carbonyl (C=O) groups excluding carboxylic acids is 1. The van der Waals surface area contributed by atoms with Crippen LogP contribution in [-0.2, 0) is 0 Å². The molecule has 0 fully saturated rings. The molecule has 1 N–H and O–H groups in total. The molecular weight excluding hydrogens is 322 g/mol. The number of fused-ring (bicyclic) bond motifs is 1. The van der Waals surface area contributed by atoms with Crippen LogP contribution in [0.5, 0.6) is 0 Å². The zero-order valence-corrected chi connectivity index (χ0v) is 13.6. The average molecular weight is 335 g/mol. The van der Waals surface area contributed by atoms with Crippen LogP contribution in [0.4, 0.5) is 5.13 Å². The molecule has 0 radical (unpaired) electrons. The van der Waals surface area contributed by atoms with Crippen molar-refractivity contribution >= 4 is 32.6 Å². The number of para-hydroxylation sites is 1. The first-order valence-electron chi connectivity index (χ1n) is 7.32. The number of rotatable bonds is 3. The van der Waals surface area contributed by atoms with Gasteiger partial charge in [0.2, 0.25) is 0 Å². The van der Waals surface area contributed by atoms with Crippen LogP contribution >= 0.6 is 11.3 Å². The summed E-state index contributed by atoms with van der Waals surface area (Å²) < 4.78 is 2.80. The van der Waals surface area contributed by atoms with Gasteiger partial charge in [0, 0.05) is 24.2 Å². The molecule has 0 bridgehead atoms. The second-order valence-electron chi connectivity index (χ2n) is 5.27. The zero-order valence-electron chi connectivity index (χ0n) is 12.8. The number of anilines is 1. The van der Waals surface area contributed by atoms with Crippen LogP contribution in [0.1, 0.15) is 15.9 Å². The summed E-state index contributed by atoms with van der Waals surface area (Å²) in [5.41, 5.74) is 2.53. The Bertz CT molecular complexity index is 1020. The molecule has 3 heterocycles. The van der Waals surface area contributed by atoms with E-state index in [-0.39, 0.29) is 5.91 Å². The van der Waals surface area contributed by atoms with Crippen molar-refractivity contribution in [2.24, 2.45) is 0 Å². The molecule has 0 unspecified atom stereocenters. The Hall–Kier alpha value is -3.06. The van der Waals surface area contributed by atoms with Gasteiger partial charge in [-0.1, -0.05) is 23.5 Å². The number of imidazole rings is 1. The van der Waals surface area contributed by atoms with Gasteiger partial charge in [-0.25, -0.2) is 15.0 Å². The predicted octanol–water partition coefficient (Wildman–Crippen LogP) is 3.44. The monoisotopic (exact) mass is 335 g/mol. The van der Waals surface area contributed by atoms with Crippen LogP contribution in [0.25, 0.3) is 16.0 Å². The van der Waals surface area contributed by atoms with Gasteiger partial charge in [0.1, 0.15) is 12.1 Å². The molecule has 0 atom stereocenters. The molecule has 0 aliphatic rings. The van der Waals surface area contributed by atoms with E-state index in [4.69, 9.17) is 0 Å². The Kier molecular flexibility index (Phi) is 3.55. The van der Waals surface area contributed by atoms with Gasteiger partial charge >= 0.3 is 0 Å². The number of carbonyl (C=O) groups is 1. The molecule has 0 aliphatic heterocycles. The molecular formula is C17H13N5OS. The van der Waals surface area contributed by atoms with E-state index in [9.17, 15) is 4.79 Å². The number of amides is 1. The topological polar surface area (TPSA) is 72.7 Å². The first-order chi connectivity index (χ1) is 11.7. The maximum absolute atomic E-state index is 12.5. The first kappa shape index (κ1) is 14.5. The van der Waals surface area contributed by atoms with Crippen molar-refractivity contribution in [2.45, 2.75) is 6.92 Å². The number of hydrogen-bond acceptors (Lipinski definition) is 5. The maximum Gasteiger partial charge on any atom is 0.257 e. The second kappa shape index (κ2) is 5.86. The maximum atomic E-state index is 12.5. The summed E-state index contributed by atoms with van der Waals surface area (Å²) in [5.74, 6) is 0.427. The minimum Gasteiger partial charge on any atom is -0.298 e. The van der Waals surface area contributed by atoms with Gasteiger partial charge in [0.15, 0.2) is 5.13 Å². The smallest absolute Gasteiger partial charge is 0.257 e. The molecule has 3 aromatic heterocycles. The van der Waals surface area contributed by atoms with Crippen LogP contribution in [0, 0.1) is 6.92 Å². The summed E-state index contributed by atoms with van der Waals surface area (Å²) >= 11 is 1.46. The lowest BCUT2D eigenvalue weighted by Gasteiger charge is -2.04. The fraction of sp³-hybridized carbons (Fsp3) is 0.0588. The lowest BCUT2D eigenvalue weighted by molar-refractivity contribution is 0.102. The molecule has 118 valence electrons. The van der Waals surface area contributed by atoms with E-state index < -0.39 is 0 Å². The highest BCUT2D eigenvalue weighted by atomic mass is 32.1. The van der Waals surface area contributed by atoms with Crippen LogP contribution in [0.2, 0.25) is 0 Å². The molecule has 0 spiro atoms. The van der Waals surface area contributed by atoms with E-state index in [1.165, 1.54) is 11.3 Å². The lowest BCUT2D eigenvalue weighted by atomic mass is 10.2. The fourth-order valence-corrected chi connectivity index (χ4v) is 3.34. The van der Waals surface area contributed by atoms with E-state index >= 15 is 0 Å². The van der Waals surface area contributed by atoms with Crippen molar-refractivity contribution in [3.05, 3.63) is 66.4 Å². The van der Waals surface area contributed by atoms with E-state index in [1.54, 1.807) is 41.6 Å². The third-order valence-electron chi connectivity index (χ3n) is 3.62. The van der Waals surface area contributed by atoms with Crippen molar-refractivity contribution in [1.82, 2.24) is 19.5 Å². The van der Waals surface area contributed by atoms with Crippen LogP contribution in [0.3, 0.4) is 0 Å². The van der Waals surface area contributed by atoms with Gasteiger partial charge in [-0.05, 0) is 30.7 Å². The Morgan fingerprint density at radius 3 is 2.96 bits per heavy atom. The summed E-state index contributed by atoms with van der Waals surface area (Å²) in [5, 5.41) is 3.45. The predicted molar refractivity (Wildman–Crippen MR) is 93.7 cm³/mol. The number of aromatic nitrogens is 4. The third kappa shape index (κ3) is 2.65. The minimum absolute atomic E-state index is 0.213. The molecule has 6 nitrogen and oxygen atoms in total. The van der Waals surface area contributed by atoms with Crippen LogP contribution < -0.4 is 5.32 Å². The number of hydrogen-bond donors (Lipinski definition) is 1. The average Bonchev–Trinajstić information content (AvgIpc) is 3.25. The molecule has 1 aromatic carbocycles. The molecule has 4 aromatic rings. The van der Waals surface area contributed by atoms with Crippen molar-refractivity contribution in [2.75, 3.05) is 5.32 Å². The highest BCUT2D eigenvalue weighted by Crippen LogP contribution is 2.28. The normalized spacial score (nSPS) is 10.9. The largest absolute Gasteiger partial charge is 0.298 e. The SMILES string of the molecule is Cc1cccc2sc(NC(=O)c3ccnc(-n4ccnc4)c3)nc12. The van der Waals surface area contributed by atoms with E-state index in [0.717, 1.165) is 15.8 Å². The van der Waals surface area contributed by atoms with Gasteiger partial charge in [-0.3, -0.25) is 14.7 Å². The molecule has 24 heavy (non-hydrogen) atoms. The van der Waals surface area contributed by atoms with E-state index in [2.05, 4.69) is 20.3 Å². The van der Waals surface area contributed by atoms with Gasteiger partial charge in [0.05, 0.1) is 10.2 Å². The number of aryl methyl sites for hydroxylation is 1. The zero-order chi connectivity index (χ0) is 16.5. The lowest BCUT2D eigenvalue weighted by Crippen LogP contribution is -2.12. The molecule has 0 saturated heterocycles. The van der Waals surface area contributed by atoms with Crippen molar-refractivity contribution in [3.63, 3.8) is 0 Å². The molecule has 1 amide bonds. The van der Waals surface area contributed by atoms with Crippen LogP contribution in [-0.4, -0.2) is 25.4 Å².